The number of morpholine rings is 1. The van der Waals surface area contributed by atoms with Gasteiger partial charge in [0.05, 0.1) is 12.7 Å². The molecule has 1 aromatic rings. The van der Waals surface area contributed by atoms with E-state index in [-0.39, 0.29) is 0 Å². The van der Waals surface area contributed by atoms with Gasteiger partial charge in [-0.3, -0.25) is 0 Å². The smallest absolute Gasteiger partial charge is 0.0765 e. The Hall–Kier alpha value is -0.860. The topological polar surface area (TPSA) is 21.3 Å². The zero-order chi connectivity index (χ0) is 9.80. The van der Waals surface area contributed by atoms with Gasteiger partial charge in [0.15, 0.2) is 0 Å². The van der Waals surface area contributed by atoms with Crippen molar-refractivity contribution in [3.05, 3.63) is 35.9 Å². The molecule has 0 aromatic heterocycles. The van der Waals surface area contributed by atoms with Crippen molar-refractivity contribution in [3.8, 4) is 0 Å². The highest BCUT2D eigenvalue weighted by Crippen LogP contribution is 2.21. The summed E-state index contributed by atoms with van der Waals surface area (Å²) < 4.78 is 5.73. The maximum atomic E-state index is 5.73. The monoisotopic (exact) mass is 191 g/mol. The second-order valence-corrected chi connectivity index (χ2v) is 3.81. The standard InChI is InChI=1S/C12H17NO/c1-10(11-5-3-2-4-6-11)12-9-13-7-8-14-12/h2-6,10,12-13H,7-9H2,1H3/t10-,12?/m0/s1. The van der Waals surface area contributed by atoms with E-state index in [0.29, 0.717) is 12.0 Å². The fourth-order valence-corrected chi connectivity index (χ4v) is 1.88. The van der Waals surface area contributed by atoms with Gasteiger partial charge in [0, 0.05) is 19.0 Å². The van der Waals surface area contributed by atoms with Crippen LogP contribution in [0.25, 0.3) is 0 Å². The van der Waals surface area contributed by atoms with Gasteiger partial charge in [-0.25, -0.2) is 0 Å². The Labute approximate surface area is 85.3 Å². The van der Waals surface area contributed by atoms with E-state index in [1.807, 2.05) is 0 Å². The molecule has 1 heterocycles. The molecule has 1 aliphatic heterocycles. The molecule has 0 bridgehead atoms. The lowest BCUT2D eigenvalue weighted by atomic mass is 9.95. The molecule has 2 atom stereocenters. The van der Waals surface area contributed by atoms with Crippen LogP contribution in [0, 0.1) is 0 Å². The third-order valence-electron chi connectivity index (χ3n) is 2.84. The van der Waals surface area contributed by atoms with E-state index in [1.165, 1.54) is 5.56 Å². The Bertz CT molecular complexity index is 267. The minimum absolute atomic E-state index is 0.325. The molecule has 2 rings (SSSR count). The first-order chi connectivity index (χ1) is 6.88. The number of hydrogen-bond donors (Lipinski definition) is 1. The molecule has 0 amide bonds. The van der Waals surface area contributed by atoms with Crippen molar-refractivity contribution in [1.82, 2.24) is 5.32 Å². The van der Waals surface area contributed by atoms with Gasteiger partial charge >= 0.3 is 0 Å². The van der Waals surface area contributed by atoms with Crippen LogP contribution in [-0.2, 0) is 4.74 Å². The normalized spacial score (nSPS) is 24.5. The van der Waals surface area contributed by atoms with Crippen LogP contribution in [0.1, 0.15) is 18.4 Å². The minimum atomic E-state index is 0.325. The first kappa shape index (κ1) is 9.69. The van der Waals surface area contributed by atoms with Crippen LogP contribution in [0.4, 0.5) is 0 Å². The Balaban J connectivity index is 2.03. The SMILES string of the molecule is C[C@@H](c1ccccc1)C1CNCCO1. The summed E-state index contributed by atoms with van der Waals surface area (Å²) >= 11 is 0. The lowest BCUT2D eigenvalue weighted by Crippen LogP contribution is -2.41. The minimum Gasteiger partial charge on any atom is -0.375 e. The Morgan fingerprint density at radius 3 is 2.79 bits per heavy atom. The highest BCUT2D eigenvalue weighted by atomic mass is 16.5. The van der Waals surface area contributed by atoms with Gasteiger partial charge in [-0.2, -0.15) is 0 Å². The molecule has 0 aliphatic carbocycles. The van der Waals surface area contributed by atoms with E-state index in [0.717, 1.165) is 19.7 Å². The van der Waals surface area contributed by atoms with Crippen LogP contribution in [0.2, 0.25) is 0 Å². The highest BCUT2D eigenvalue weighted by molar-refractivity contribution is 5.20. The van der Waals surface area contributed by atoms with Gasteiger partial charge in [0.1, 0.15) is 0 Å². The number of rotatable bonds is 2. The van der Waals surface area contributed by atoms with Crippen molar-refractivity contribution >= 4 is 0 Å². The summed E-state index contributed by atoms with van der Waals surface area (Å²) in [6.45, 7) is 5.02. The molecule has 76 valence electrons. The van der Waals surface area contributed by atoms with Crippen LogP contribution in [-0.4, -0.2) is 25.8 Å². The Morgan fingerprint density at radius 1 is 1.36 bits per heavy atom. The summed E-state index contributed by atoms with van der Waals surface area (Å²) in [6, 6.07) is 10.6. The summed E-state index contributed by atoms with van der Waals surface area (Å²) in [7, 11) is 0. The lowest BCUT2D eigenvalue weighted by molar-refractivity contribution is 0.0146. The molecule has 0 radical (unpaired) electrons. The quantitative estimate of drug-likeness (QED) is 0.769. The van der Waals surface area contributed by atoms with Crippen LogP contribution in [0.15, 0.2) is 30.3 Å². The van der Waals surface area contributed by atoms with Crippen molar-refractivity contribution in [2.75, 3.05) is 19.7 Å². The van der Waals surface area contributed by atoms with E-state index in [4.69, 9.17) is 4.74 Å². The fraction of sp³-hybridized carbons (Fsp3) is 0.500. The fourth-order valence-electron chi connectivity index (χ4n) is 1.88. The van der Waals surface area contributed by atoms with Crippen LogP contribution < -0.4 is 5.32 Å². The van der Waals surface area contributed by atoms with E-state index >= 15 is 0 Å². The summed E-state index contributed by atoms with van der Waals surface area (Å²) in [6.07, 6.45) is 0.325. The summed E-state index contributed by atoms with van der Waals surface area (Å²) in [5, 5.41) is 3.36. The molecule has 1 saturated heterocycles. The summed E-state index contributed by atoms with van der Waals surface area (Å²) in [5.74, 6) is 0.476. The Morgan fingerprint density at radius 2 is 2.14 bits per heavy atom. The molecular weight excluding hydrogens is 174 g/mol. The van der Waals surface area contributed by atoms with Crippen molar-refractivity contribution in [2.24, 2.45) is 0 Å². The maximum absolute atomic E-state index is 5.73. The van der Waals surface area contributed by atoms with Crippen LogP contribution in [0.3, 0.4) is 0 Å². The van der Waals surface area contributed by atoms with E-state index < -0.39 is 0 Å². The molecule has 2 heteroatoms. The molecule has 14 heavy (non-hydrogen) atoms. The molecule has 1 aliphatic rings. The number of hydrogen-bond acceptors (Lipinski definition) is 2. The van der Waals surface area contributed by atoms with Crippen molar-refractivity contribution < 1.29 is 4.74 Å². The van der Waals surface area contributed by atoms with Gasteiger partial charge in [-0.1, -0.05) is 37.3 Å². The second kappa shape index (κ2) is 4.58. The number of benzene rings is 1. The summed E-state index contributed by atoms with van der Waals surface area (Å²) in [5.41, 5.74) is 1.36. The van der Waals surface area contributed by atoms with Gasteiger partial charge in [0.2, 0.25) is 0 Å². The third-order valence-corrected chi connectivity index (χ3v) is 2.84. The van der Waals surface area contributed by atoms with Gasteiger partial charge in [-0.15, -0.1) is 0 Å². The molecule has 0 spiro atoms. The molecule has 2 nitrogen and oxygen atoms in total. The molecule has 1 aromatic carbocycles. The number of ether oxygens (including phenoxy) is 1. The average molecular weight is 191 g/mol. The van der Waals surface area contributed by atoms with Gasteiger partial charge in [0.25, 0.3) is 0 Å². The first-order valence-electron chi connectivity index (χ1n) is 5.25. The third kappa shape index (κ3) is 2.14. The van der Waals surface area contributed by atoms with Crippen molar-refractivity contribution in [2.45, 2.75) is 18.9 Å². The van der Waals surface area contributed by atoms with E-state index in [9.17, 15) is 0 Å². The Kier molecular flexibility index (Phi) is 3.17. The predicted molar refractivity (Wildman–Crippen MR) is 57.5 cm³/mol. The summed E-state index contributed by atoms with van der Waals surface area (Å²) in [4.78, 5) is 0. The molecule has 1 unspecified atom stereocenters. The highest BCUT2D eigenvalue weighted by Gasteiger charge is 2.21. The maximum Gasteiger partial charge on any atom is 0.0765 e. The largest absolute Gasteiger partial charge is 0.375 e. The van der Waals surface area contributed by atoms with Gasteiger partial charge in [-0.05, 0) is 5.56 Å². The van der Waals surface area contributed by atoms with Gasteiger partial charge < -0.3 is 10.1 Å². The second-order valence-electron chi connectivity index (χ2n) is 3.81. The van der Waals surface area contributed by atoms with Crippen LogP contribution >= 0.6 is 0 Å². The lowest BCUT2D eigenvalue weighted by Gasteiger charge is -2.29. The average Bonchev–Trinajstić information content (AvgIpc) is 2.30. The van der Waals surface area contributed by atoms with Crippen LogP contribution in [0.5, 0.6) is 0 Å². The molecule has 0 saturated carbocycles. The van der Waals surface area contributed by atoms with Crippen molar-refractivity contribution in [3.63, 3.8) is 0 Å². The zero-order valence-corrected chi connectivity index (χ0v) is 8.57. The predicted octanol–water partition coefficient (Wildman–Crippen LogP) is 1.78. The first-order valence-corrected chi connectivity index (χ1v) is 5.25. The molecule has 1 N–H and O–H groups in total. The molecule has 1 fully saturated rings. The van der Waals surface area contributed by atoms with E-state index in [1.54, 1.807) is 0 Å². The number of nitrogens with one attached hydrogen (secondary N) is 1. The van der Waals surface area contributed by atoms with Crippen molar-refractivity contribution in [1.29, 1.82) is 0 Å². The molecular formula is C12H17NO. The zero-order valence-electron chi connectivity index (χ0n) is 8.57. The van der Waals surface area contributed by atoms with E-state index in [2.05, 4.69) is 42.6 Å².